The number of ether oxygens (including phenoxy) is 2. The van der Waals surface area contributed by atoms with Gasteiger partial charge in [0.15, 0.2) is 5.69 Å². The van der Waals surface area contributed by atoms with E-state index in [1.807, 2.05) is 6.92 Å². The van der Waals surface area contributed by atoms with E-state index < -0.39 is 21.9 Å². The molecule has 0 saturated heterocycles. The van der Waals surface area contributed by atoms with Crippen LogP contribution in [-0.4, -0.2) is 38.0 Å². The van der Waals surface area contributed by atoms with Gasteiger partial charge in [0.25, 0.3) is 0 Å². The van der Waals surface area contributed by atoms with Gasteiger partial charge < -0.3 is 9.47 Å². The summed E-state index contributed by atoms with van der Waals surface area (Å²) in [7, 11) is -3.82. The Labute approximate surface area is 166 Å². The number of alkyl halides is 3. The molecule has 1 aliphatic heterocycles. The fourth-order valence-corrected chi connectivity index (χ4v) is 4.30. The van der Waals surface area contributed by atoms with Gasteiger partial charge in [0.05, 0.1) is 31.3 Å². The maximum absolute atomic E-state index is 13.2. The number of benzene rings is 1. The van der Waals surface area contributed by atoms with Gasteiger partial charge in [-0.15, -0.1) is 0 Å². The van der Waals surface area contributed by atoms with Gasteiger partial charge in [0.2, 0.25) is 10.0 Å². The number of aryl methyl sites for hydroxylation is 1. The number of halogens is 3. The first-order valence-electron chi connectivity index (χ1n) is 9.10. The summed E-state index contributed by atoms with van der Waals surface area (Å²) in [6.07, 6.45) is -4.29. The molecule has 160 valence electrons. The van der Waals surface area contributed by atoms with E-state index in [9.17, 15) is 21.6 Å². The molecule has 0 fully saturated rings. The average Bonchev–Trinajstić information content (AvgIpc) is 3.03. The highest BCUT2D eigenvalue weighted by molar-refractivity contribution is 7.89. The van der Waals surface area contributed by atoms with Gasteiger partial charge in [0, 0.05) is 24.2 Å². The molecule has 0 aliphatic carbocycles. The summed E-state index contributed by atoms with van der Waals surface area (Å²) in [6.45, 7) is 4.06. The predicted molar refractivity (Wildman–Crippen MR) is 98.1 cm³/mol. The van der Waals surface area contributed by atoms with Gasteiger partial charge in [-0.2, -0.15) is 18.3 Å². The second-order valence-electron chi connectivity index (χ2n) is 6.56. The van der Waals surface area contributed by atoms with E-state index in [0.717, 1.165) is 0 Å². The van der Waals surface area contributed by atoms with Crippen molar-refractivity contribution in [1.82, 2.24) is 14.5 Å². The molecule has 11 heteroatoms. The molecular weight excluding hydrogens is 411 g/mol. The minimum atomic E-state index is -4.59. The fourth-order valence-electron chi connectivity index (χ4n) is 3.20. The molecule has 0 spiro atoms. The molecule has 0 amide bonds. The molecule has 0 bridgehead atoms. The Bertz CT molecular complexity index is 987. The van der Waals surface area contributed by atoms with E-state index in [4.69, 9.17) is 9.47 Å². The van der Waals surface area contributed by atoms with Crippen molar-refractivity contribution in [3.8, 4) is 5.75 Å². The van der Waals surface area contributed by atoms with E-state index >= 15 is 0 Å². The molecule has 0 radical (unpaired) electrons. The molecule has 7 nitrogen and oxygen atoms in total. The molecule has 0 saturated carbocycles. The number of aromatic nitrogens is 2. The van der Waals surface area contributed by atoms with E-state index in [2.05, 4.69) is 9.82 Å². The molecule has 1 aliphatic rings. The summed E-state index contributed by atoms with van der Waals surface area (Å²) in [6, 6.07) is 4.49. The number of fused-ring (bicyclic) bond motifs is 1. The van der Waals surface area contributed by atoms with E-state index in [-0.39, 0.29) is 30.2 Å². The Morgan fingerprint density at radius 2 is 2.10 bits per heavy atom. The highest BCUT2D eigenvalue weighted by Crippen LogP contribution is 2.34. The minimum Gasteiger partial charge on any atom is -0.494 e. The first-order chi connectivity index (χ1) is 13.6. The molecule has 0 atom stereocenters. The van der Waals surface area contributed by atoms with Gasteiger partial charge in [0.1, 0.15) is 5.75 Å². The Balaban J connectivity index is 1.73. The molecule has 1 N–H and O–H groups in total. The second-order valence-corrected chi connectivity index (χ2v) is 8.32. The lowest BCUT2D eigenvalue weighted by atomic mass is 10.1. The number of hydrogen-bond donors (Lipinski definition) is 1. The van der Waals surface area contributed by atoms with Crippen LogP contribution in [0.25, 0.3) is 0 Å². The Morgan fingerprint density at radius 3 is 2.76 bits per heavy atom. The van der Waals surface area contributed by atoms with E-state index in [1.165, 1.54) is 16.8 Å². The summed E-state index contributed by atoms with van der Waals surface area (Å²) >= 11 is 0. The number of sulfonamides is 1. The van der Waals surface area contributed by atoms with Crippen molar-refractivity contribution in [2.75, 3.05) is 19.8 Å². The molecular formula is C18H22F3N3O4S. The summed E-state index contributed by atoms with van der Waals surface area (Å²) in [4.78, 5) is 0.0605. The molecule has 3 rings (SSSR count). The van der Waals surface area contributed by atoms with Crippen LogP contribution in [-0.2, 0) is 40.5 Å². The highest BCUT2D eigenvalue weighted by atomic mass is 32.2. The molecule has 29 heavy (non-hydrogen) atoms. The lowest BCUT2D eigenvalue weighted by Gasteiger charge is -2.16. The monoisotopic (exact) mass is 433 g/mol. The topological polar surface area (TPSA) is 82.5 Å². The normalized spacial score (nSPS) is 14.7. The van der Waals surface area contributed by atoms with Crippen molar-refractivity contribution in [2.24, 2.45) is 0 Å². The van der Waals surface area contributed by atoms with Crippen LogP contribution in [0.5, 0.6) is 5.75 Å². The van der Waals surface area contributed by atoms with Crippen LogP contribution in [0, 0.1) is 6.92 Å². The van der Waals surface area contributed by atoms with E-state index in [1.54, 1.807) is 13.0 Å². The third kappa shape index (κ3) is 4.73. The van der Waals surface area contributed by atoms with E-state index in [0.29, 0.717) is 36.6 Å². The van der Waals surface area contributed by atoms with Crippen LogP contribution in [0.3, 0.4) is 0 Å². The SMILES string of the molecule is CCOc1ccc(S(=O)(=O)NCCn2nc(C(F)(F)F)c3c2CCOC3)cc1C. The van der Waals surface area contributed by atoms with Crippen molar-refractivity contribution in [3.63, 3.8) is 0 Å². The maximum atomic E-state index is 13.2. The summed E-state index contributed by atoms with van der Waals surface area (Å²) in [5, 5.41) is 3.66. The Hall–Kier alpha value is -2.11. The Kier molecular flexibility index (Phi) is 6.20. The van der Waals surface area contributed by atoms with Crippen molar-refractivity contribution < 1.29 is 31.1 Å². The van der Waals surface area contributed by atoms with Crippen LogP contribution in [0.2, 0.25) is 0 Å². The fraction of sp³-hybridized carbons (Fsp3) is 0.500. The van der Waals surface area contributed by atoms with Crippen molar-refractivity contribution in [3.05, 3.63) is 40.7 Å². The predicted octanol–water partition coefficient (Wildman–Crippen LogP) is 2.66. The molecule has 0 unspecified atom stereocenters. The smallest absolute Gasteiger partial charge is 0.435 e. The van der Waals surface area contributed by atoms with Crippen LogP contribution < -0.4 is 9.46 Å². The van der Waals surface area contributed by atoms with Crippen LogP contribution in [0.1, 0.15) is 29.4 Å². The summed E-state index contributed by atoms with van der Waals surface area (Å²) < 4.78 is 78.8. The van der Waals surface area contributed by atoms with Gasteiger partial charge >= 0.3 is 6.18 Å². The van der Waals surface area contributed by atoms with Gasteiger partial charge in [-0.25, -0.2) is 13.1 Å². The van der Waals surface area contributed by atoms with Crippen LogP contribution in [0.4, 0.5) is 13.2 Å². The zero-order chi connectivity index (χ0) is 21.2. The third-order valence-electron chi connectivity index (χ3n) is 4.54. The quantitative estimate of drug-likeness (QED) is 0.726. The number of nitrogens with one attached hydrogen (secondary N) is 1. The van der Waals surface area contributed by atoms with Gasteiger partial charge in [-0.1, -0.05) is 0 Å². The van der Waals surface area contributed by atoms with Crippen molar-refractivity contribution in [1.29, 1.82) is 0 Å². The van der Waals surface area contributed by atoms with Crippen molar-refractivity contribution in [2.45, 2.75) is 44.5 Å². The first-order valence-corrected chi connectivity index (χ1v) is 10.6. The first kappa shape index (κ1) is 21.6. The molecule has 2 aromatic rings. The summed E-state index contributed by atoms with van der Waals surface area (Å²) in [5.74, 6) is 0.594. The largest absolute Gasteiger partial charge is 0.494 e. The van der Waals surface area contributed by atoms with Gasteiger partial charge in [-0.05, 0) is 37.6 Å². The lowest BCUT2D eigenvalue weighted by Crippen LogP contribution is -2.28. The van der Waals surface area contributed by atoms with Crippen LogP contribution >= 0.6 is 0 Å². The molecule has 1 aromatic carbocycles. The lowest BCUT2D eigenvalue weighted by molar-refractivity contribution is -0.142. The highest BCUT2D eigenvalue weighted by Gasteiger charge is 2.39. The zero-order valence-electron chi connectivity index (χ0n) is 16.0. The Morgan fingerprint density at radius 1 is 1.34 bits per heavy atom. The standard InChI is InChI=1S/C18H22F3N3O4S/c1-3-28-16-5-4-13(10-12(16)2)29(25,26)22-7-8-24-15-6-9-27-11-14(15)17(23-24)18(19,20)21/h4-5,10,22H,3,6-9,11H2,1-2H3. The summed E-state index contributed by atoms with van der Waals surface area (Å²) in [5.41, 5.74) is 0.149. The molecule has 1 aromatic heterocycles. The third-order valence-corrected chi connectivity index (χ3v) is 6.00. The van der Waals surface area contributed by atoms with Crippen LogP contribution in [0.15, 0.2) is 23.1 Å². The molecule has 2 heterocycles. The second kappa shape index (κ2) is 8.33. The van der Waals surface area contributed by atoms with Gasteiger partial charge in [-0.3, -0.25) is 4.68 Å². The number of rotatable bonds is 7. The minimum absolute atomic E-state index is 0.0202. The number of nitrogens with zero attached hydrogens (tertiary/aromatic N) is 2. The zero-order valence-corrected chi connectivity index (χ0v) is 16.9. The number of hydrogen-bond acceptors (Lipinski definition) is 5. The van der Waals surface area contributed by atoms with Crippen molar-refractivity contribution >= 4 is 10.0 Å². The maximum Gasteiger partial charge on any atom is 0.435 e. The average molecular weight is 433 g/mol.